The molecule has 0 atom stereocenters. The van der Waals surface area contributed by atoms with Gasteiger partial charge in [-0.05, 0) is 32.5 Å². The molecule has 0 bridgehead atoms. The van der Waals surface area contributed by atoms with Gasteiger partial charge in [-0.1, -0.05) is 0 Å². The molecule has 3 aromatic heterocycles. The molecule has 1 aliphatic heterocycles. The van der Waals surface area contributed by atoms with Crippen molar-refractivity contribution in [2.24, 2.45) is 0 Å². The van der Waals surface area contributed by atoms with Crippen LogP contribution in [-0.4, -0.2) is 40.7 Å². The third kappa shape index (κ3) is 2.53. The van der Waals surface area contributed by atoms with E-state index >= 15 is 0 Å². The van der Waals surface area contributed by atoms with E-state index in [0.717, 1.165) is 17.4 Å². The Balaban J connectivity index is 1.79. The van der Waals surface area contributed by atoms with E-state index in [4.69, 9.17) is 0 Å². The van der Waals surface area contributed by atoms with E-state index in [2.05, 4.69) is 20.5 Å². The summed E-state index contributed by atoms with van der Waals surface area (Å²) in [6, 6.07) is 6.84. The number of rotatable bonds is 2. The molecule has 1 aliphatic rings. The van der Waals surface area contributed by atoms with Crippen LogP contribution in [0, 0.1) is 5.82 Å². The van der Waals surface area contributed by atoms with Gasteiger partial charge in [0.05, 0.1) is 23.0 Å². The van der Waals surface area contributed by atoms with Crippen LogP contribution in [-0.2, 0) is 4.79 Å². The lowest BCUT2D eigenvalue weighted by molar-refractivity contribution is -0.120. The zero-order valence-electron chi connectivity index (χ0n) is 12.1. The zero-order chi connectivity index (χ0) is 15.8. The summed E-state index contributed by atoms with van der Waals surface area (Å²) in [6.45, 7) is 1.62. The van der Waals surface area contributed by atoms with Gasteiger partial charge in [-0.2, -0.15) is 5.10 Å². The fourth-order valence-corrected chi connectivity index (χ4v) is 3.80. The number of nitrogens with zero attached hydrogens (tertiary/aromatic N) is 3. The van der Waals surface area contributed by atoms with Gasteiger partial charge in [0.15, 0.2) is 5.65 Å². The third-order valence-corrected chi connectivity index (χ3v) is 5.08. The van der Waals surface area contributed by atoms with E-state index in [0.29, 0.717) is 37.9 Å². The molecule has 2 N–H and O–H groups in total. The van der Waals surface area contributed by atoms with E-state index in [-0.39, 0.29) is 11.7 Å². The maximum Gasteiger partial charge on any atom is 0.239 e. The summed E-state index contributed by atoms with van der Waals surface area (Å²) in [5.41, 5.74) is 2.10. The number of hydrogen-bond donors (Lipinski definition) is 2. The Labute approximate surface area is 132 Å². The monoisotopic (exact) mass is 329 g/mol. The van der Waals surface area contributed by atoms with E-state index < -0.39 is 0 Å². The highest BCUT2D eigenvalue weighted by molar-refractivity contribution is 7.38. The molecule has 23 heavy (non-hydrogen) atoms. The molecule has 1 amide bonds. The van der Waals surface area contributed by atoms with Gasteiger partial charge in [0, 0.05) is 24.7 Å². The standard InChI is InChI=1S/C15H13FN5OP/c16-10-3-4-12(21-7-6-17-11(22)8-21)23-14(10)13-9-2-1-5-18-15(9)20-19-13/h1-5H,6-8H2,(H,17,22)(H,18,19,20). The number of amides is 1. The van der Waals surface area contributed by atoms with Crippen molar-refractivity contribution in [2.45, 2.75) is 0 Å². The largest absolute Gasteiger partial charge is 0.357 e. The number of pyridine rings is 1. The number of nitrogens with one attached hydrogen (secondary N) is 2. The maximum atomic E-state index is 14.4. The molecule has 0 saturated carbocycles. The predicted octanol–water partition coefficient (Wildman–Crippen LogP) is 2.28. The van der Waals surface area contributed by atoms with Crippen molar-refractivity contribution in [3.8, 4) is 11.0 Å². The minimum atomic E-state index is -0.300. The lowest BCUT2D eigenvalue weighted by Crippen LogP contribution is -2.47. The summed E-state index contributed by atoms with van der Waals surface area (Å²) in [5.74, 6) is -0.314. The van der Waals surface area contributed by atoms with Crippen LogP contribution < -0.4 is 10.2 Å². The lowest BCUT2D eigenvalue weighted by Gasteiger charge is -2.28. The predicted molar refractivity (Wildman–Crippen MR) is 87.0 cm³/mol. The first-order valence-electron chi connectivity index (χ1n) is 7.20. The molecule has 6 nitrogen and oxygen atoms in total. The van der Waals surface area contributed by atoms with Crippen LogP contribution in [0.25, 0.3) is 22.0 Å². The molecule has 1 fully saturated rings. The van der Waals surface area contributed by atoms with Crippen molar-refractivity contribution in [1.82, 2.24) is 20.5 Å². The van der Waals surface area contributed by atoms with Crippen molar-refractivity contribution in [3.05, 3.63) is 36.3 Å². The first kappa shape index (κ1) is 14.1. The summed E-state index contributed by atoms with van der Waals surface area (Å²) < 4.78 is 14.4. The number of hydrogen-bond acceptors (Lipinski definition) is 4. The second-order valence-corrected chi connectivity index (χ2v) is 6.37. The van der Waals surface area contributed by atoms with E-state index in [9.17, 15) is 9.18 Å². The second-order valence-electron chi connectivity index (χ2n) is 5.24. The van der Waals surface area contributed by atoms with Crippen LogP contribution in [0.2, 0.25) is 0 Å². The van der Waals surface area contributed by atoms with Crippen molar-refractivity contribution in [1.29, 1.82) is 0 Å². The number of piperazine rings is 1. The summed E-state index contributed by atoms with van der Waals surface area (Å²) in [6.07, 6.45) is 1.65. The molecule has 0 radical (unpaired) electrons. The fourth-order valence-electron chi connectivity index (χ4n) is 2.65. The Bertz CT molecular complexity index is 896. The van der Waals surface area contributed by atoms with E-state index in [1.165, 1.54) is 6.07 Å². The summed E-state index contributed by atoms with van der Waals surface area (Å²) >= 11 is 0. The fraction of sp³-hybridized carbons (Fsp3) is 0.200. The van der Waals surface area contributed by atoms with Gasteiger partial charge in [-0.3, -0.25) is 9.89 Å². The van der Waals surface area contributed by atoms with Crippen LogP contribution in [0.3, 0.4) is 0 Å². The Morgan fingerprint density at radius 3 is 3.09 bits per heavy atom. The molecule has 0 unspecified atom stereocenters. The number of carbonyl (C=O) groups excluding carboxylic acids is 1. The van der Waals surface area contributed by atoms with Gasteiger partial charge in [0.2, 0.25) is 5.91 Å². The second kappa shape index (κ2) is 5.59. The van der Waals surface area contributed by atoms with Gasteiger partial charge in [0.25, 0.3) is 0 Å². The van der Waals surface area contributed by atoms with Crippen LogP contribution in [0.1, 0.15) is 0 Å². The SMILES string of the molecule is O=C1CN(c2ccc(F)c(-c3[nH]nc4ncccc34)p2)CCN1. The van der Waals surface area contributed by atoms with Crippen molar-refractivity contribution in [3.63, 3.8) is 0 Å². The zero-order valence-corrected chi connectivity index (χ0v) is 13.0. The number of halogens is 1. The van der Waals surface area contributed by atoms with Gasteiger partial charge < -0.3 is 10.2 Å². The summed E-state index contributed by atoms with van der Waals surface area (Å²) in [4.78, 5) is 17.7. The maximum absolute atomic E-state index is 14.4. The number of fused-ring (bicyclic) bond motifs is 1. The van der Waals surface area contributed by atoms with Gasteiger partial charge in [0.1, 0.15) is 5.82 Å². The Hall–Kier alpha value is -2.53. The minimum Gasteiger partial charge on any atom is -0.357 e. The smallest absolute Gasteiger partial charge is 0.239 e. The van der Waals surface area contributed by atoms with Gasteiger partial charge in [-0.15, -0.1) is 0 Å². The Kier molecular flexibility index (Phi) is 3.42. The summed E-state index contributed by atoms with van der Waals surface area (Å²) in [7, 11) is 0.713. The minimum absolute atomic E-state index is 0.0138. The van der Waals surface area contributed by atoms with E-state index in [1.807, 2.05) is 11.0 Å². The normalized spacial score (nSPS) is 15.3. The number of aromatic nitrogens is 3. The van der Waals surface area contributed by atoms with Crippen LogP contribution in [0.15, 0.2) is 30.5 Å². The average molecular weight is 329 g/mol. The summed E-state index contributed by atoms with van der Waals surface area (Å²) in [5, 5.41) is 11.1. The quantitative estimate of drug-likeness (QED) is 0.756. The first-order valence-corrected chi connectivity index (χ1v) is 8.09. The number of anilines is 1. The molecule has 4 rings (SSSR count). The third-order valence-electron chi connectivity index (χ3n) is 3.76. The number of H-pyrrole nitrogens is 1. The first-order chi connectivity index (χ1) is 11.2. The molecule has 1 saturated heterocycles. The lowest BCUT2D eigenvalue weighted by atomic mass is 10.2. The number of aromatic amines is 1. The molecule has 4 heterocycles. The van der Waals surface area contributed by atoms with Crippen molar-refractivity contribution >= 4 is 30.6 Å². The molecule has 0 spiro atoms. The molecule has 3 aromatic rings. The van der Waals surface area contributed by atoms with Gasteiger partial charge in [-0.25, -0.2) is 9.37 Å². The van der Waals surface area contributed by atoms with Crippen molar-refractivity contribution < 1.29 is 9.18 Å². The highest BCUT2D eigenvalue weighted by Crippen LogP contribution is 2.39. The van der Waals surface area contributed by atoms with Gasteiger partial charge >= 0.3 is 0 Å². The molecule has 8 heteroatoms. The highest BCUT2D eigenvalue weighted by atomic mass is 31.0. The molecule has 116 valence electrons. The Morgan fingerprint density at radius 1 is 1.30 bits per heavy atom. The van der Waals surface area contributed by atoms with Crippen LogP contribution >= 0.6 is 8.19 Å². The van der Waals surface area contributed by atoms with Crippen LogP contribution in [0.4, 0.5) is 9.81 Å². The topological polar surface area (TPSA) is 73.9 Å². The average Bonchev–Trinajstić information content (AvgIpc) is 2.99. The molecule has 0 aliphatic carbocycles. The molecule has 0 aromatic carbocycles. The van der Waals surface area contributed by atoms with E-state index in [1.54, 1.807) is 18.3 Å². The number of carbonyl (C=O) groups is 1. The van der Waals surface area contributed by atoms with Crippen molar-refractivity contribution in [2.75, 3.05) is 24.5 Å². The molecular formula is C15H13FN5OP. The highest BCUT2D eigenvalue weighted by Gasteiger charge is 2.20. The molecular weight excluding hydrogens is 316 g/mol. The van der Waals surface area contributed by atoms with Crippen LogP contribution in [0.5, 0.6) is 0 Å². The Morgan fingerprint density at radius 2 is 2.22 bits per heavy atom.